The standard InChI is InChI=1S/C31H29F4N7O3/c1-18-6-7-19(27(43)39-24-5-3-4-23(26(24)32)31(33,34)35)16-25(18)40-28(44)22-17-37-30(41-29(22)45-2)38-20-8-10-21(11-9-20)42-14-12-36-13-15-42/h3-11,16-17,36H,12-15H2,1-2H3,(H,39,43)(H,40,44)(H,37,38,41). The van der Waals surface area contributed by atoms with Crippen molar-refractivity contribution in [3.05, 3.63) is 94.9 Å². The Bertz CT molecular complexity index is 1710. The number of aromatic nitrogens is 2. The molecule has 4 N–H and O–H groups in total. The maximum Gasteiger partial charge on any atom is 0.419 e. The lowest BCUT2D eigenvalue weighted by Crippen LogP contribution is -2.43. The first-order valence-electron chi connectivity index (χ1n) is 13.9. The van der Waals surface area contributed by atoms with Gasteiger partial charge in [-0.15, -0.1) is 0 Å². The second kappa shape index (κ2) is 13.2. The molecule has 0 saturated carbocycles. The van der Waals surface area contributed by atoms with E-state index in [9.17, 15) is 27.2 Å². The first-order valence-corrected chi connectivity index (χ1v) is 13.9. The van der Waals surface area contributed by atoms with Crippen molar-refractivity contribution in [1.29, 1.82) is 0 Å². The van der Waals surface area contributed by atoms with Gasteiger partial charge in [0, 0.05) is 55.0 Å². The molecule has 5 rings (SSSR count). The SMILES string of the molecule is COc1nc(Nc2ccc(N3CCNCC3)cc2)ncc1C(=O)Nc1cc(C(=O)Nc2cccc(C(F)(F)F)c2F)ccc1C. The van der Waals surface area contributed by atoms with Gasteiger partial charge >= 0.3 is 6.18 Å². The molecule has 1 aromatic heterocycles. The predicted molar refractivity (Wildman–Crippen MR) is 162 cm³/mol. The molecule has 0 spiro atoms. The first kappa shape index (κ1) is 31.2. The number of amides is 2. The third-order valence-electron chi connectivity index (χ3n) is 7.10. The Hall–Kier alpha value is -5.24. The van der Waals surface area contributed by atoms with Crippen LogP contribution in [0.3, 0.4) is 0 Å². The molecular weight excluding hydrogens is 594 g/mol. The zero-order valence-electron chi connectivity index (χ0n) is 24.3. The molecular formula is C31H29F4N7O3. The number of halogens is 4. The smallest absolute Gasteiger partial charge is 0.419 e. The third kappa shape index (κ3) is 7.29. The molecule has 2 heterocycles. The third-order valence-corrected chi connectivity index (χ3v) is 7.10. The Morgan fingerprint density at radius 1 is 0.956 bits per heavy atom. The summed E-state index contributed by atoms with van der Waals surface area (Å²) in [5, 5.41) is 11.2. The summed E-state index contributed by atoms with van der Waals surface area (Å²) in [7, 11) is 1.36. The van der Waals surface area contributed by atoms with Crippen LogP contribution in [0.25, 0.3) is 0 Å². The molecule has 0 aliphatic carbocycles. The fraction of sp³-hybridized carbons (Fsp3) is 0.226. The molecule has 1 aliphatic heterocycles. The Balaban J connectivity index is 1.28. The van der Waals surface area contributed by atoms with Crippen molar-refractivity contribution >= 4 is 40.5 Å². The Morgan fingerprint density at radius 3 is 2.36 bits per heavy atom. The van der Waals surface area contributed by atoms with E-state index in [1.165, 1.54) is 31.5 Å². The molecule has 0 bridgehead atoms. The van der Waals surface area contributed by atoms with Gasteiger partial charge in [-0.25, -0.2) is 9.37 Å². The number of rotatable bonds is 8. The topological polar surface area (TPSA) is 121 Å². The molecule has 4 aromatic rings. The number of hydrogen-bond donors (Lipinski definition) is 4. The van der Waals surface area contributed by atoms with Crippen molar-refractivity contribution in [2.75, 3.05) is 54.1 Å². The minimum absolute atomic E-state index is 0.00555. The molecule has 0 unspecified atom stereocenters. The molecule has 0 atom stereocenters. The maximum absolute atomic E-state index is 14.4. The fourth-order valence-corrected chi connectivity index (χ4v) is 4.67. The zero-order chi connectivity index (χ0) is 32.1. The van der Waals surface area contributed by atoms with Gasteiger partial charge in [0.1, 0.15) is 5.56 Å². The van der Waals surface area contributed by atoms with E-state index < -0.39 is 35.1 Å². The van der Waals surface area contributed by atoms with Gasteiger partial charge < -0.3 is 30.9 Å². The second-order valence-electron chi connectivity index (χ2n) is 10.1. The van der Waals surface area contributed by atoms with Gasteiger partial charge in [0.05, 0.1) is 18.4 Å². The number of ether oxygens (including phenoxy) is 1. The molecule has 234 valence electrons. The van der Waals surface area contributed by atoms with Crippen LogP contribution in [0, 0.1) is 12.7 Å². The zero-order valence-corrected chi connectivity index (χ0v) is 24.3. The summed E-state index contributed by atoms with van der Waals surface area (Å²) >= 11 is 0. The van der Waals surface area contributed by atoms with Crippen LogP contribution in [-0.4, -0.2) is 55.1 Å². The Kier molecular flexibility index (Phi) is 9.13. The molecule has 1 aliphatic rings. The Labute approximate surface area is 255 Å². The molecule has 2 amide bonds. The molecule has 0 radical (unpaired) electrons. The van der Waals surface area contributed by atoms with E-state index >= 15 is 0 Å². The summed E-state index contributed by atoms with van der Waals surface area (Å²) in [5.41, 5.74) is 0.496. The molecule has 45 heavy (non-hydrogen) atoms. The van der Waals surface area contributed by atoms with Crippen molar-refractivity contribution < 1.29 is 31.9 Å². The fourth-order valence-electron chi connectivity index (χ4n) is 4.67. The maximum atomic E-state index is 14.4. The number of nitrogens with zero attached hydrogens (tertiary/aromatic N) is 3. The lowest BCUT2D eigenvalue weighted by atomic mass is 10.1. The van der Waals surface area contributed by atoms with Gasteiger partial charge in [-0.1, -0.05) is 12.1 Å². The van der Waals surface area contributed by atoms with E-state index in [2.05, 4.69) is 36.1 Å². The first-order chi connectivity index (χ1) is 21.5. The normalized spacial score (nSPS) is 13.2. The Morgan fingerprint density at radius 2 is 1.67 bits per heavy atom. The lowest BCUT2D eigenvalue weighted by molar-refractivity contribution is -0.139. The van der Waals surface area contributed by atoms with Gasteiger partial charge in [-0.2, -0.15) is 18.2 Å². The molecule has 14 heteroatoms. The van der Waals surface area contributed by atoms with Crippen LogP contribution in [-0.2, 0) is 6.18 Å². The summed E-state index contributed by atoms with van der Waals surface area (Å²) in [6.07, 6.45) is -3.64. The predicted octanol–water partition coefficient (Wildman–Crippen LogP) is 5.61. The van der Waals surface area contributed by atoms with E-state index in [4.69, 9.17) is 4.74 Å². The highest BCUT2D eigenvalue weighted by Crippen LogP contribution is 2.34. The van der Waals surface area contributed by atoms with Crippen LogP contribution in [0.2, 0.25) is 0 Å². The van der Waals surface area contributed by atoms with Crippen LogP contribution in [0.15, 0.2) is 66.9 Å². The summed E-state index contributed by atoms with van der Waals surface area (Å²) < 4.78 is 59.0. The summed E-state index contributed by atoms with van der Waals surface area (Å²) in [4.78, 5) is 36.8. The van der Waals surface area contributed by atoms with Gasteiger partial charge in [0.25, 0.3) is 11.8 Å². The van der Waals surface area contributed by atoms with Crippen LogP contribution in [0.4, 0.5) is 46.3 Å². The number of piperazine rings is 1. The average Bonchev–Trinajstić information content (AvgIpc) is 3.03. The highest BCUT2D eigenvalue weighted by atomic mass is 19.4. The van der Waals surface area contributed by atoms with Gasteiger partial charge in [0.2, 0.25) is 11.8 Å². The van der Waals surface area contributed by atoms with Crippen molar-refractivity contribution in [2.24, 2.45) is 0 Å². The summed E-state index contributed by atoms with van der Waals surface area (Å²) in [6, 6.07) is 14.6. The highest BCUT2D eigenvalue weighted by molar-refractivity contribution is 6.08. The minimum Gasteiger partial charge on any atom is -0.480 e. The van der Waals surface area contributed by atoms with E-state index in [1.54, 1.807) is 6.92 Å². The van der Waals surface area contributed by atoms with E-state index in [0.717, 1.165) is 49.7 Å². The molecule has 3 aromatic carbocycles. The van der Waals surface area contributed by atoms with Crippen LogP contribution in [0.5, 0.6) is 5.88 Å². The number of methoxy groups -OCH3 is 1. The van der Waals surface area contributed by atoms with Crippen molar-refractivity contribution in [3.8, 4) is 5.88 Å². The minimum atomic E-state index is -4.93. The van der Waals surface area contributed by atoms with Crippen LogP contribution in [0.1, 0.15) is 31.8 Å². The van der Waals surface area contributed by atoms with Crippen LogP contribution >= 0.6 is 0 Å². The number of nitrogens with one attached hydrogen (secondary N) is 4. The number of carbonyl (C=O) groups excluding carboxylic acids is 2. The molecule has 1 saturated heterocycles. The van der Waals surface area contributed by atoms with Gasteiger partial charge in [-0.3, -0.25) is 9.59 Å². The lowest BCUT2D eigenvalue weighted by Gasteiger charge is -2.29. The summed E-state index contributed by atoms with van der Waals surface area (Å²) in [6.45, 7) is 5.38. The van der Waals surface area contributed by atoms with Crippen LogP contribution < -0.4 is 30.9 Å². The monoisotopic (exact) mass is 623 g/mol. The average molecular weight is 624 g/mol. The van der Waals surface area contributed by atoms with E-state index in [1.807, 2.05) is 24.3 Å². The van der Waals surface area contributed by atoms with Crippen molar-refractivity contribution in [3.63, 3.8) is 0 Å². The quantitative estimate of drug-likeness (QED) is 0.187. The summed E-state index contributed by atoms with van der Waals surface area (Å²) in [5.74, 6) is -2.91. The highest BCUT2D eigenvalue weighted by Gasteiger charge is 2.35. The number of aryl methyl sites for hydroxylation is 1. The van der Waals surface area contributed by atoms with Gasteiger partial charge in [0.15, 0.2) is 5.82 Å². The second-order valence-corrected chi connectivity index (χ2v) is 10.1. The van der Waals surface area contributed by atoms with E-state index in [0.29, 0.717) is 11.6 Å². The number of alkyl halides is 3. The van der Waals surface area contributed by atoms with Crippen molar-refractivity contribution in [1.82, 2.24) is 15.3 Å². The molecule has 10 nitrogen and oxygen atoms in total. The van der Waals surface area contributed by atoms with E-state index in [-0.39, 0.29) is 28.6 Å². The molecule has 1 fully saturated rings. The van der Waals surface area contributed by atoms with Gasteiger partial charge in [-0.05, 0) is 61.0 Å². The number of carbonyl (C=O) groups is 2. The largest absolute Gasteiger partial charge is 0.480 e. The van der Waals surface area contributed by atoms with Crippen molar-refractivity contribution in [2.45, 2.75) is 13.1 Å². The number of anilines is 5. The number of hydrogen-bond acceptors (Lipinski definition) is 8. The number of benzene rings is 3.